The van der Waals surface area contributed by atoms with Gasteiger partial charge in [-0.15, -0.1) is 0 Å². The molecule has 1 aliphatic rings. The standard InChI is InChI=1S/C12H15ClN2O2/c1-7-11(13)10(3-5-14-7)15-12(16)9-4-6-17-8(9)2/h3,5,8-9H,4,6H2,1-2H3,(H,14,15,16)/t8-,9+/m1/s1. The molecule has 5 heteroatoms. The number of anilines is 1. The number of halogens is 1. The molecule has 2 heterocycles. The SMILES string of the molecule is Cc1nccc(NC(=O)[C@H]2CCO[C@@H]2C)c1Cl. The molecule has 17 heavy (non-hydrogen) atoms. The van der Waals surface area contributed by atoms with Gasteiger partial charge in [0.1, 0.15) is 0 Å². The lowest BCUT2D eigenvalue weighted by Gasteiger charge is -2.15. The lowest BCUT2D eigenvalue weighted by Crippen LogP contribution is -2.27. The van der Waals surface area contributed by atoms with Gasteiger partial charge < -0.3 is 10.1 Å². The first kappa shape index (κ1) is 12.3. The van der Waals surface area contributed by atoms with Crippen molar-refractivity contribution in [1.29, 1.82) is 0 Å². The highest BCUT2D eigenvalue weighted by Gasteiger charge is 2.31. The fourth-order valence-electron chi connectivity index (χ4n) is 1.95. The molecule has 92 valence electrons. The van der Waals surface area contributed by atoms with E-state index in [1.807, 2.05) is 6.92 Å². The van der Waals surface area contributed by atoms with E-state index in [0.717, 1.165) is 6.42 Å². The predicted octanol–water partition coefficient (Wildman–Crippen LogP) is 2.41. The number of aryl methyl sites for hydroxylation is 1. The van der Waals surface area contributed by atoms with E-state index in [-0.39, 0.29) is 17.9 Å². The van der Waals surface area contributed by atoms with Crippen LogP contribution in [-0.4, -0.2) is 23.6 Å². The molecular formula is C12H15ClN2O2. The molecule has 1 aromatic rings. The Kier molecular flexibility index (Phi) is 3.64. The minimum absolute atomic E-state index is 0.0308. The number of nitrogens with zero attached hydrogens (tertiary/aromatic N) is 1. The van der Waals surface area contributed by atoms with E-state index in [1.165, 1.54) is 0 Å². The zero-order chi connectivity index (χ0) is 12.4. The Morgan fingerprint density at radius 1 is 1.65 bits per heavy atom. The molecule has 0 bridgehead atoms. The van der Waals surface area contributed by atoms with Gasteiger partial charge in [0, 0.05) is 12.8 Å². The number of hydrogen-bond donors (Lipinski definition) is 1. The van der Waals surface area contributed by atoms with Crippen LogP contribution in [0.15, 0.2) is 12.3 Å². The summed E-state index contributed by atoms with van der Waals surface area (Å²) in [6.07, 6.45) is 2.36. The second-order valence-electron chi connectivity index (χ2n) is 4.22. The van der Waals surface area contributed by atoms with Gasteiger partial charge in [0.25, 0.3) is 0 Å². The summed E-state index contributed by atoms with van der Waals surface area (Å²) in [6, 6.07) is 1.70. The molecule has 4 nitrogen and oxygen atoms in total. The lowest BCUT2D eigenvalue weighted by molar-refractivity contribution is -0.121. The van der Waals surface area contributed by atoms with Crippen LogP contribution in [0.2, 0.25) is 5.02 Å². The van der Waals surface area contributed by atoms with Crippen LogP contribution in [0, 0.1) is 12.8 Å². The number of aromatic nitrogens is 1. The van der Waals surface area contributed by atoms with Crippen LogP contribution in [0.3, 0.4) is 0 Å². The van der Waals surface area contributed by atoms with Gasteiger partial charge in [0.15, 0.2) is 0 Å². The van der Waals surface area contributed by atoms with Gasteiger partial charge in [0.05, 0.1) is 28.4 Å². The molecule has 1 N–H and O–H groups in total. The summed E-state index contributed by atoms with van der Waals surface area (Å²) >= 11 is 6.07. The smallest absolute Gasteiger partial charge is 0.230 e. The number of pyridine rings is 1. The average Bonchev–Trinajstić information content (AvgIpc) is 2.71. The third-order valence-corrected chi connectivity index (χ3v) is 3.51. The molecule has 1 aromatic heterocycles. The highest BCUT2D eigenvalue weighted by atomic mass is 35.5. The van der Waals surface area contributed by atoms with Crippen molar-refractivity contribution in [3.8, 4) is 0 Å². The van der Waals surface area contributed by atoms with Crippen molar-refractivity contribution in [2.45, 2.75) is 26.4 Å². The van der Waals surface area contributed by atoms with Crippen LogP contribution in [-0.2, 0) is 9.53 Å². The summed E-state index contributed by atoms with van der Waals surface area (Å²) < 4.78 is 5.37. The van der Waals surface area contributed by atoms with E-state index in [0.29, 0.717) is 23.0 Å². The Morgan fingerprint density at radius 3 is 3.06 bits per heavy atom. The minimum Gasteiger partial charge on any atom is -0.378 e. The first-order valence-corrected chi connectivity index (χ1v) is 6.01. The number of carbonyl (C=O) groups excluding carboxylic acids is 1. The van der Waals surface area contributed by atoms with E-state index in [2.05, 4.69) is 10.3 Å². The van der Waals surface area contributed by atoms with Gasteiger partial charge in [-0.3, -0.25) is 9.78 Å². The molecule has 2 rings (SSSR count). The minimum atomic E-state index is -0.0976. The zero-order valence-corrected chi connectivity index (χ0v) is 10.6. The van der Waals surface area contributed by atoms with Crippen LogP contribution in [0.4, 0.5) is 5.69 Å². The fraction of sp³-hybridized carbons (Fsp3) is 0.500. The molecule has 1 aliphatic heterocycles. The number of hydrogen-bond acceptors (Lipinski definition) is 3. The summed E-state index contributed by atoms with van der Waals surface area (Å²) in [7, 11) is 0. The van der Waals surface area contributed by atoms with Crippen molar-refractivity contribution >= 4 is 23.2 Å². The monoisotopic (exact) mass is 254 g/mol. The van der Waals surface area contributed by atoms with E-state index >= 15 is 0 Å². The highest BCUT2D eigenvalue weighted by Crippen LogP contribution is 2.26. The number of carbonyl (C=O) groups is 1. The molecule has 0 radical (unpaired) electrons. The van der Waals surface area contributed by atoms with Gasteiger partial charge in [-0.05, 0) is 26.3 Å². The molecular weight excluding hydrogens is 240 g/mol. The predicted molar refractivity (Wildman–Crippen MR) is 66.1 cm³/mol. The normalized spacial score (nSPS) is 23.7. The molecule has 0 aromatic carbocycles. The Morgan fingerprint density at radius 2 is 2.41 bits per heavy atom. The van der Waals surface area contributed by atoms with Crippen molar-refractivity contribution in [3.05, 3.63) is 23.0 Å². The molecule has 1 amide bonds. The van der Waals surface area contributed by atoms with Gasteiger partial charge in [-0.25, -0.2) is 0 Å². The van der Waals surface area contributed by atoms with Crippen LogP contribution in [0.25, 0.3) is 0 Å². The van der Waals surface area contributed by atoms with E-state index < -0.39 is 0 Å². The van der Waals surface area contributed by atoms with Gasteiger partial charge in [-0.2, -0.15) is 0 Å². The summed E-state index contributed by atoms with van der Waals surface area (Å²) in [5, 5.41) is 3.33. The Hall–Kier alpha value is -1.13. The van der Waals surface area contributed by atoms with E-state index in [9.17, 15) is 4.79 Å². The topological polar surface area (TPSA) is 51.2 Å². The third-order valence-electron chi connectivity index (χ3n) is 3.03. The van der Waals surface area contributed by atoms with Crippen molar-refractivity contribution in [1.82, 2.24) is 4.98 Å². The number of rotatable bonds is 2. The van der Waals surface area contributed by atoms with Crippen molar-refractivity contribution < 1.29 is 9.53 Å². The van der Waals surface area contributed by atoms with Crippen LogP contribution < -0.4 is 5.32 Å². The average molecular weight is 255 g/mol. The Labute approximate surface area is 105 Å². The van der Waals surface area contributed by atoms with Crippen molar-refractivity contribution in [2.75, 3.05) is 11.9 Å². The van der Waals surface area contributed by atoms with E-state index in [1.54, 1.807) is 19.2 Å². The summed E-state index contributed by atoms with van der Waals surface area (Å²) in [4.78, 5) is 16.1. The number of ether oxygens (including phenoxy) is 1. The van der Waals surface area contributed by atoms with Crippen molar-refractivity contribution in [3.63, 3.8) is 0 Å². The third kappa shape index (κ3) is 2.58. The fourth-order valence-corrected chi connectivity index (χ4v) is 2.11. The maximum absolute atomic E-state index is 12.0. The Balaban J connectivity index is 2.10. The second-order valence-corrected chi connectivity index (χ2v) is 4.60. The van der Waals surface area contributed by atoms with Crippen LogP contribution in [0.1, 0.15) is 19.0 Å². The van der Waals surface area contributed by atoms with Gasteiger partial charge in [-0.1, -0.05) is 11.6 Å². The van der Waals surface area contributed by atoms with Gasteiger partial charge >= 0.3 is 0 Å². The van der Waals surface area contributed by atoms with E-state index in [4.69, 9.17) is 16.3 Å². The summed E-state index contributed by atoms with van der Waals surface area (Å²) in [5.74, 6) is -0.137. The highest BCUT2D eigenvalue weighted by molar-refractivity contribution is 6.34. The van der Waals surface area contributed by atoms with Crippen molar-refractivity contribution in [2.24, 2.45) is 5.92 Å². The lowest BCUT2D eigenvalue weighted by atomic mass is 10.0. The number of nitrogens with one attached hydrogen (secondary N) is 1. The maximum Gasteiger partial charge on any atom is 0.230 e. The van der Waals surface area contributed by atoms with Crippen LogP contribution in [0.5, 0.6) is 0 Å². The summed E-state index contributed by atoms with van der Waals surface area (Å²) in [5.41, 5.74) is 1.32. The molecule has 2 atom stereocenters. The maximum atomic E-state index is 12.0. The zero-order valence-electron chi connectivity index (χ0n) is 9.87. The first-order valence-electron chi connectivity index (χ1n) is 5.63. The largest absolute Gasteiger partial charge is 0.378 e. The molecule has 1 fully saturated rings. The van der Waals surface area contributed by atoms with Crippen LogP contribution >= 0.6 is 11.6 Å². The molecule has 0 saturated carbocycles. The second kappa shape index (κ2) is 5.02. The molecule has 1 saturated heterocycles. The first-order chi connectivity index (χ1) is 8.09. The quantitative estimate of drug-likeness (QED) is 0.882. The molecule has 0 unspecified atom stereocenters. The number of amides is 1. The Bertz CT molecular complexity index is 437. The summed E-state index contributed by atoms with van der Waals surface area (Å²) in [6.45, 7) is 4.36. The molecule has 0 aliphatic carbocycles. The van der Waals surface area contributed by atoms with Gasteiger partial charge in [0.2, 0.25) is 5.91 Å². The molecule has 0 spiro atoms.